The van der Waals surface area contributed by atoms with E-state index in [2.05, 4.69) is 17.5 Å². The maximum Gasteiger partial charge on any atom is 0.246 e. The molecule has 0 spiro atoms. The molecule has 76 valence electrons. The molecule has 0 aromatic carbocycles. The fourth-order valence-corrected chi connectivity index (χ4v) is 0.616. The summed E-state index contributed by atoms with van der Waals surface area (Å²) in [6.07, 6.45) is 0. The molecule has 0 saturated heterocycles. The lowest BCUT2D eigenvalue weighted by molar-refractivity contribution is -0.125. The Kier molecular flexibility index (Phi) is 7.47. The Labute approximate surface area is 82.6 Å². The van der Waals surface area contributed by atoms with E-state index < -0.39 is 0 Å². The van der Waals surface area contributed by atoms with E-state index >= 15 is 0 Å². The van der Waals surface area contributed by atoms with Gasteiger partial charge in [0.25, 0.3) is 0 Å². The molecule has 5 nitrogen and oxygen atoms in total. The number of methoxy groups -OCH3 is 1. The Morgan fingerprint density at radius 3 is 2.77 bits per heavy atom. The molecule has 0 aromatic heterocycles. The van der Waals surface area contributed by atoms with Crippen LogP contribution in [0.15, 0.2) is 0 Å². The lowest BCUT2D eigenvalue weighted by Gasteiger charge is -2.04. The van der Waals surface area contributed by atoms with Gasteiger partial charge in [-0.3, -0.25) is 4.79 Å². The van der Waals surface area contributed by atoms with Crippen LogP contribution in [0.5, 0.6) is 0 Å². The normalized spacial score (nSPS) is 9.62. The molecule has 0 aliphatic rings. The zero-order chi connectivity index (χ0) is 10.1. The van der Waals surface area contributed by atoms with Gasteiger partial charge in [0.05, 0.1) is 24.7 Å². The maximum absolute atomic E-state index is 10.9. The Balaban J connectivity index is 3.25. The van der Waals surface area contributed by atoms with Gasteiger partial charge >= 0.3 is 0 Å². The van der Waals surface area contributed by atoms with Crippen molar-refractivity contribution in [3.63, 3.8) is 0 Å². The number of rotatable bonds is 7. The van der Waals surface area contributed by atoms with E-state index in [1.807, 2.05) is 0 Å². The second-order valence-corrected chi connectivity index (χ2v) is 2.81. The Bertz CT molecular complexity index is 175. The van der Waals surface area contributed by atoms with Gasteiger partial charge in [-0.15, -0.1) is 0 Å². The van der Waals surface area contributed by atoms with Crippen LogP contribution in [0.4, 0.5) is 0 Å². The first kappa shape index (κ1) is 12.3. The van der Waals surface area contributed by atoms with Crippen molar-refractivity contribution in [2.24, 2.45) is 5.73 Å². The van der Waals surface area contributed by atoms with Crippen LogP contribution < -0.4 is 11.1 Å². The molecule has 0 heterocycles. The van der Waals surface area contributed by atoms with Gasteiger partial charge in [0.15, 0.2) is 0 Å². The number of ether oxygens (including phenoxy) is 2. The Hall–Kier alpha value is -0.720. The van der Waals surface area contributed by atoms with Crippen molar-refractivity contribution in [1.29, 1.82) is 0 Å². The fourth-order valence-electron chi connectivity index (χ4n) is 0.544. The minimum atomic E-state index is -0.232. The first-order valence-corrected chi connectivity index (χ1v) is 4.19. The number of thiocarbonyl (C=S) groups is 1. The van der Waals surface area contributed by atoms with Crippen molar-refractivity contribution >= 4 is 23.1 Å². The van der Waals surface area contributed by atoms with E-state index in [9.17, 15) is 4.79 Å². The zero-order valence-electron chi connectivity index (χ0n) is 7.54. The molecule has 0 aromatic rings. The van der Waals surface area contributed by atoms with Crippen LogP contribution in [0, 0.1) is 0 Å². The standard InChI is InChI=1S/C7H14N2O3S/c1-11-2-3-12-5-7(10)9-4-6(8)13/h2-5H2,1H3,(H2,8,13)(H,9,10). The predicted octanol–water partition coefficient (Wildman–Crippen LogP) is -0.948. The van der Waals surface area contributed by atoms with Crippen molar-refractivity contribution in [3.8, 4) is 0 Å². The van der Waals surface area contributed by atoms with Crippen LogP contribution in [-0.2, 0) is 14.3 Å². The number of hydrogen-bond donors (Lipinski definition) is 2. The molecule has 0 rings (SSSR count). The number of amides is 1. The third kappa shape index (κ3) is 9.19. The first-order chi connectivity index (χ1) is 6.16. The van der Waals surface area contributed by atoms with Gasteiger partial charge in [0.1, 0.15) is 6.61 Å². The smallest absolute Gasteiger partial charge is 0.246 e. The molecule has 13 heavy (non-hydrogen) atoms. The quantitative estimate of drug-likeness (QED) is 0.415. The lowest BCUT2D eigenvalue weighted by Crippen LogP contribution is -2.34. The molecule has 1 amide bonds. The topological polar surface area (TPSA) is 73.6 Å². The van der Waals surface area contributed by atoms with Gasteiger partial charge < -0.3 is 20.5 Å². The van der Waals surface area contributed by atoms with E-state index in [-0.39, 0.29) is 24.0 Å². The van der Waals surface area contributed by atoms with E-state index in [0.717, 1.165) is 0 Å². The molecular weight excluding hydrogens is 192 g/mol. The van der Waals surface area contributed by atoms with Crippen molar-refractivity contribution in [2.45, 2.75) is 0 Å². The lowest BCUT2D eigenvalue weighted by atomic mass is 10.5. The molecule has 0 aliphatic carbocycles. The largest absolute Gasteiger partial charge is 0.392 e. The molecule has 0 radical (unpaired) electrons. The third-order valence-corrected chi connectivity index (χ3v) is 1.27. The van der Waals surface area contributed by atoms with Gasteiger partial charge in [-0.25, -0.2) is 0 Å². The summed E-state index contributed by atoms with van der Waals surface area (Å²) in [5.74, 6) is -0.232. The molecular formula is C7H14N2O3S. The zero-order valence-corrected chi connectivity index (χ0v) is 8.36. The summed E-state index contributed by atoms with van der Waals surface area (Å²) in [6.45, 7) is 1.09. The van der Waals surface area contributed by atoms with Crippen LogP contribution in [0.2, 0.25) is 0 Å². The summed E-state index contributed by atoms with van der Waals surface area (Å²) in [7, 11) is 1.57. The fraction of sp³-hybridized carbons (Fsp3) is 0.714. The SMILES string of the molecule is COCCOCC(=O)NCC(N)=S. The molecule has 0 bridgehead atoms. The summed E-state index contributed by atoms with van der Waals surface area (Å²) >= 11 is 4.57. The summed E-state index contributed by atoms with van der Waals surface area (Å²) < 4.78 is 9.67. The minimum absolute atomic E-state index is 0.00593. The number of hydrogen-bond acceptors (Lipinski definition) is 4. The monoisotopic (exact) mass is 206 g/mol. The van der Waals surface area contributed by atoms with Crippen LogP contribution in [0.1, 0.15) is 0 Å². The van der Waals surface area contributed by atoms with Crippen LogP contribution >= 0.6 is 12.2 Å². The van der Waals surface area contributed by atoms with Crippen molar-refractivity contribution in [1.82, 2.24) is 5.32 Å². The molecule has 6 heteroatoms. The highest BCUT2D eigenvalue weighted by Gasteiger charge is 2.00. The van der Waals surface area contributed by atoms with Crippen LogP contribution in [0.25, 0.3) is 0 Å². The number of carbonyl (C=O) groups excluding carboxylic acids is 1. The van der Waals surface area contributed by atoms with E-state index in [1.54, 1.807) is 7.11 Å². The summed E-state index contributed by atoms with van der Waals surface area (Å²) in [6, 6.07) is 0. The van der Waals surface area contributed by atoms with Crippen molar-refractivity contribution in [3.05, 3.63) is 0 Å². The van der Waals surface area contributed by atoms with Gasteiger partial charge in [0.2, 0.25) is 5.91 Å². The van der Waals surface area contributed by atoms with E-state index in [4.69, 9.17) is 15.2 Å². The van der Waals surface area contributed by atoms with E-state index in [0.29, 0.717) is 13.2 Å². The van der Waals surface area contributed by atoms with Gasteiger partial charge in [-0.2, -0.15) is 0 Å². The minimum Gasteiger partial charge on any atom is -0.392 e. The molecule has 0 saturated carbocycles. The summed E-state index contributed by atoms with van der Waals surface area (Å²) in [5.41, 5.74) is 5.17. The first-order valence-electron chi connectivity index (χ1n) is 3.78. The third-order valence-electron chi connectivity index (χ3n) is 1.12. The highest BCUT2D eigenvalue weighted by atomic mass is 32.1. The van der Waals surface area contributed by atoms with Gasteiger partial charge in [0, 0.05) is 7.11 Å². The summed E-state index contributed by atoms with van der Waals surface area (Å²) in [5, 5.41) is 2.49. The Morgan fingerprint density at radius 1 is 1.54 bits per heavy atom. The second kappa shape index (κ2) is 7.90. The highest BCUT2D eigenvalue weighted by molar-refractivity contribution is 7.80. The number of nitrogens with two attached hydrogens (primary N) is 1. The van der Waals surface area contributed by atoms with Gasteiger partial charge in [-0.1, -0.05) is 12.2 Å². The average molecular weight is 206 g/mol. The van der Waals surface area contributed by atoms with Gasteiger partial charge in [-0.05, 0) is 0 Å². The number of carbonyl (C=O) groups is 1. The van der Waals surface area contributed by atoms with Crippen LogP contribution in [-0.4, -0.2) is 44.4 Å². The second-order valence-electron chi connectivity index (χ2n) is 2.29. The molecule has 0 aliphatic heterocycles. The Morgan fingerprint density at radius 2 is 2.23 bits per heavy atom. The van der Waals surface area contributed by atoms with E-state index in [1.165, 1.54) is 0 Å². The summed E-state index contributed by atoms with van der Waals surface area (Å²) in [4.78, 5) is 11.2. The van der Waals surface area contributed by atoms with Crippen LogP contribution in [0.3, 0.4) is 0 Å². The average Bonchev–Trinajstić information content (AvgIpc) is 2.09. The number of nitrogens with one attached hydrogen (secondary N) is 1. The molecule has 0 atom stereocenters. The predicted molar refractivity (Wildman–Crippen MR) is 52.5 cm³/mol. The molecule has 3 N–H and O–H groups in total. The van der Waals surface area contributed by atoms with Crippen molar-refractivity contribution < 1.29 is 14.3 Å². The molecule has 0 fully saturated rings. The van der Waals surface area contributed by atoms with Crippen molar-refractivity contribution in [2.75, 3.05) is 33.5 Å². The highest BCUT2D eigenvalue weighted by Crippen LogP contribution is 1.76. The maximum atomic E-state index is 10.9. The molecule has 0 unspecified atom stereocenters.